The van der Waals surface area contributed by atoms with Gasteiger partial charge in [-0.25, -0.2) is 0 Å². The second-order valence-electron chi connectivity index (χ2n) is 4.28. The van der Waals surface area contributed by atoms with Crippen molar-refractivity contribution in [3.05, 3.63) is 0 Å². The average Bonchev–Trinajstić information content (AvgIpc) is 2.20. The molecule has 0 aromatic carbocycles. The van der Waals surface area contributed by atoms with Gasteiger partial charge in [-0.3, -0.25) is 0 Å². The summed E-state index contributed by atoms with van der Waals surface area (Å²) in [5, 5.41) is 0. The van der Waals surface area contributed by atoms with Crippen LogP contribution in [-0.2, 0) is 9.53 Å². The first-order valence-electron chi connectivity index (χ1n) is 6.34. The molecule has 0 bridgehead atoms. The second kappa shape index (κ2) is 10.8. The van der Waals surface area contributed by atoms with E-state index in [4.69, 9.17) is 4.74 Å². The average molecular weight is 321 g/mol. The Balaban J connectivity index is 3.63. The molecular formula is C12H26O2Sn. The fourth-order valence-electron chi connectivity index (χ4n) is 1.79. The van der Waals surface area contributed by atoms with Crippen LogP contribution in [0.15, 0.2) is 0 Å². The number of hydrogen-bond acceptors (Lipinski definition) is 2. The first kappa shape index (κ1) is 15.3. The van der Waals surface area contributed by atoms with Crippen LogP contribution in [0.1, 0.15) is 46.5 Å². The summed E-state index contributed by atoms with van der Waals surface area (Å²) in [6.07, 6.45) is 5.41. The van der Waals surface area contributed by atoms with E-state index in [9.17, 15) is 4.79 Å². The molecule has 0 radical (unpaired) electrons. The zero-order valence-corrected chi connectivity index (χ0v) is 13.8. The van der Waals surface area contributed by atoms with Gasteiger partial charge in [-0.1, -0.05) is 0 Å². The minimum absolute atomic E-state index is 0.119. The van der Waals surface area contributed by atoms with Gasteiger partial charge in [0.2, 0.25) is 0 Å². The first-order valence-corrected chi connectivity index (χ1v) is 13.3. The van der Waals surface area contributed by atoms with Crippen LogP contribution in [0.3, 0.4) is 0 Å². The maximum absolute atomic E-state index is 10.7. The summed E-state index contributed by atoms with van der Waals surface area (Å²) in [4.78, 5) is 10.7. The Labute approximate surface area is 102 Å². The molecule has 0 heterocycles. The van der Waals surface area contributed by atoms with Gasteiger partial charge in [-0.05, 0) is 0 Å². The van der Waals surface area contributed by atoms with Gasteiger partial charge in [-0.15, -0.1) is 0 Å². The molecule has 0 N–H and O–H groups in total. The van der Waals surface area contributed by atoms with E-state index in [0.717, 1.165) is 0 Å². The molecule has 0 spiro atoms. The van der Waals surface area contributed by atoms with Crippen molar-refractivity contribution in [3.63, 3.8) is 0 Å². The molecule has 2 nitrogen and oxygen atoms in total. The summed E-state index contributed by atoms with van der Waals surface area (Å²) >= 11 is -1.30. The molecule has 90 valence electrons. The van der Waals surface area contributed by atoms with Gasteiger partial charge in [0.25, 0.3) is 0 Å². The van der Waals surface area contributed by atoms with Crippen LogP contribution in [0, 0.1) is 0 Å². The van der Waals surface area contributed by atoms with Crippen molar-refractivity contribution in [2.24, 2.45) is 0 Å². The van der Waals surface area contributed by atoms with Crippen molar-refractivity contribution in [1.29, 1.82) is 0 Å². The van der Waals surface area contributed by atoms with Crippen molar-refractivity contribution >= 4 is 25.7 Å². The van der Waals surface area contributed by atoms with Gasteiger partial charge in [0, 0.05) is 0 Å². The third-order valence-corrected chi connectivity index (χ3v) is 12.8. The molecule has 0 aliphatic heterocycles. The molecule has 0 unspecified atom stereocenters. The van der Waals surface area contributed by atoms with E-state index in [1.54, 1.807) is 0 Å². The maximum atomic E-state index is 10.7. The quantitative estimate of drug-likeness (QED) is 0.481. The van der Waals surface area contributed by atoms with Gasteiger partial charge in [0.05, 0.1) is 0 Å². The van der Waals surface area contributed by atoms with Gasteiger partial charge in [0.1, 0.15) is 0 Å². The van der Waals surface area contributed by atoms with E-state index in [1.807, 2.05) is 0 Å². The predicted molar refractivity (Wildman–Crippen MR) is 68.0 cm³/mol. The van der Waals surface area contributed by atoms with E-state index in [-0.39, 0.29) is 5.97 Å². The molecule has 0 aliphatic carbocycles. The van der Waals surface area contributed by atoms with E-state index in [0.29, 0.717) is 6.61 Å². The van der Waals surface area contributed by atoms with Crippen molar-refractivity contribution in [3.8, 4) is 0 Å². The van der Waals surface area contributed by atoms with Crippen molar-refractivity contribution in [2.45, 2.75) is 59.8 Å². The molecule has 0 aromatic heterocycles. The summed E-state index contributed by atoms with van der Waals surface area (Å²) in [7, 11) is 0. The van der Waals surface area contributed by atoms with Gasteiger partial charge < -0.3 is 0 Å². The van der Waals surface area contributed by atoms with Gasteiger partial charge in [-0.2, -0.15) is 0 Å². The summed E-state index contributed by atoms with van der Waals surface area (Å²) in [5.74, 6) is -0.119. The monoisotopic (exact) mass is 322 g/mol. The number of carbonyl (C=O) groups is 1. The molecule has 0 saturated carbocycles. The van der Waals surface area contributed by atoms with Crippen LogP contribution >= 0.6 is 0 Å². The van der Waals surface area contributed by atoms with E-state index in [1.165, 1.54) is 45.9 Å². The Bertz CT molecular complexity index is 152. The Hall–Kier alpha value is 0.269. The van der Waals surface area contributed by atoms with Crippen LogP contribution in [0.5, 0.6) is 0 Å². The molecule has 15 heavy (non-hydrogen) atoms. The topological polar surface area (TPSA) is 26.3 Å². The number of hydrogen-bond donors (Lipinski definition) is 0. The van der Waals surface area contributed by atoms with Gasteiger partial charge >= 0.3 is 102 Å². The molecule has 0 fully saturated rings. The van der Waals surface area contributed by atoms with E-state index >= 15 is 0 Å². The predicted octanol–water partition coefficient (Wildman–Crippen LogP) is 3.38. The standard InChI is InChI=1S/C4H7O2.2C4H9.Sn.H/c1-3-6-4(2)5;2*1-3-4-2;;/h1,3H2,2H3;2*1,3-4H2,2H3;;. The molecular weight excluding hydrogens is 295 g/mol. The number of esters is 1. The Morgan fingerprint density at radius 3 is 2.00 bits per heavy atom. The fourth-order valence-corrected chi connectivity index (χ4v) is 11.2. The molecule has 0 atom stereocenters. The molecule has 0 aliphatic rings. The number of ether oxygens (including phenoxy) is 1. The normalized spacial score (nSPS) is 10.7. The van der Waals surface area contributed by atoms with Crippen LogP contribution in [0.4, 0.5) is 0 Å². The summed E-state index contributed by atoms with van der Waals surface area (Å²) in [6.45, 7) is 6.72. The first-order chi connectivity index (χ1) is 7.20. The Kier molecular flexibility index (Phi) is 11.0. The Morgan fingerprint density at radius 1 is 1.07 bits per heavy atom. The molecule has 0 amide bonds. The summed E-state index contributed by atoms with van der Waals surface area (Å²) < 4.78 is 9.30. The van der Waals surface area contributed by atoms with Crippen LogP contribution in [0.25, 0.3) is 0 Å². The number of carbonyl (C=O) groups excluding carboxylic acids is 1. The van der Waals surface area contributed by atoms with Crippen molar-refractivity contribution in [2.75, 3.05) is 6.61 Å². The number of rotatable bonds is 9. The molecule has 0 aromatic rings. The summed E-state index contributed by atoms with van der Waals surface area (Å²) in [6, 6.07) is 0. The van der Waals surface area contributed by atoms with Crippen molar-refractivity contribution < 1.29 is 9.53 Å². The zero-order chi connectivity index (χ0) is 11.5. The molecule has 0 rings (SSSR count). The summed E-state index contributed by atoms with van der Waals surface area (Å²) in [5.41, 5.74) is 0. The fraction of sp³-hybridized carbons (Fsp3) is 0.917. The zero-order valence-electron chi connectivity index (χ0n) is 10.6. The van der Waals surface area contributed by atoms with E-state index in [2.05, 4.69) is 13.8 Å². The molecule has 3 heteroatoms. The number of unbranched alkanes of at least 4 members (excludes halogenated alkanes) is 2. The van der Waals surface area contributed by atoms with Crippen LogP contribution in [-0.4, -0.2) is 32.3 Å². The molecule has 0 saturated heterocycles. The SMILES string of the molecule is CCC[CH2][SnH]([CH2]CCC)[CH2]COC(C)=O. The van der Waals surface area contributed by atoms with E-state index < -0.39 is 19.8 Å². The Morgan fingerprint density at radius 2 is 1.60 bits per heavy atom. The van der Waals surface area contributed by atoms with Crippen LogP contribution < -0.4 is 0 Å². The van der Waals surface area contributed by atoms with Crippen molar-refractivity contribution in [1.82, 2.24) is 0 Å². The third kappa shape index (κ3) is 10.5. The van der Waals surface area contributed by atoms with Crippen LogP contribution in [0.2, 0.25) is 13.3 Å². The minimum atomic E-state index is -1.30. The van der Waals surface area contributed by atoms with Gasteiger partial charge in [0.15, 0.2) is 0 Å². The third-order valence-electron chi connectivity index (χ3n) is 2.76. The second-order valence-corrected chi connectivity index (χ2v) is 14.2.